The quantitative estimate of drug-likeness (QED) is 0.791. The van der Waals surface area contributed by atoms with Crippen molar-refractivity contribution in [3.8, 4) is 0 Å². The fraction of sp³-hybridized carbons (Fsp3) is 0.455. The van der Waals surface area contributed by atoms with Crippen LogP contribution < -0.4 is 4.72 Å². The summed E-state index contributed by atoms with van der Waals surface area (Å²) in [6, 6.07) is 5.09. The van der Waals surface area contributed by atoms with Crippen LogP contribution in [0.1, 0.15) is 11.1 Å². The lowest BCUT2D eigenvalue weighted by molar-refractivity contribution is 0.204. The van der Waals surface area contributed by atoms with Crippen LogP contribution in [0.15, 0.2) is 23.1 Å². The summed E-state index contributed by atoms with van der Waals surface area (Å²) in [6.07, 6.45) is 0. The van der Waals surface area contributed by atoms with E-state index in [4.69, 9.17) is 4.74 Å². The van der Waals surface area contributed by atoms with Crippen LogP contribution in [0, 0.1) is 13.8 Å². The molecule has 90 valence electrons. The molecular formula is C11H17NO3S. The zero-order valence-corrected chi connectivity index (χ0v) is 10.6. The topological polar surface area (TPSA) is 55.4 Å². The highest BCUT2D eigenvalue weighted by atomic mass is 32.2. The van der Waals surface area contributed by atoms with E-state index in [0.717, 1.165) is 11.1 Å². The number of rotatable bonds is 5. The number of ether oxygens (including phenoxy) is 1. The normalized spacial score (nSPS) is 11.7. The molecule has 1 aromatic carbocycles. The van der Waals surface area contributed by atoms with Crippen LogP contribution in [0.25, 0.3) is 0 Å². The van der Waals surface area contributed by atoms with E-state index >= 15 is 0 Å². The number of sulfonamides is 1. The summed E-state index contributed by atoms with van der Waals surface area (Å²) >= 11 is 0. The van der Waals surface area contributed by atoms with Crippen molar-refractivity contribution in [3.05, 3.63) is 29.3 Å². The van der Waals surface area contributed by atoms with E-state index in [1.165, 1.54) is 7.11 Å². The average Bonchev–Trinajstić information content (AvgIpc) is 2.22. The molecule has 0 fully saturated rings. The Hall–Kier alpha value is -0.910. The molecule has 0 aromatic heterocycles. The summed E-state index contributed by atoms with van der Waals surface area (Å²) in [6.45, 7) is 4.49. The van der Waals surface area contributed by atoms with Crippen LogP contribution in [-0.2, 0) is 14.8 Å². The molecule has 0 spiro atoms. The Balaban J connectivity index is 2.86. The van der Waals surface area contributed by atoms with Crippen LogP contribution in [-0.4, -0.2) is 28.7 Å². The fourth-order valence-electron chi connectivity index (χ4n) is 1.24. The highest BCUT2D eigenvalue weighted by molar-refractivity contribution is 7.89. The van der Waals surface area contributed by atoms with Gasteiger partial charge < -0.3 is 4.74 Å². The van der Waals surface area contributed by atoms with Gasteiger partial charge in [-0.1, -0.05) is 6.07 Å². The monoisotopic (exact) mass is 243 g/mol. The van der Waals surface area contributed by atoms with Gasteiger partial charge in [0.25, 0.3) is 0 Å². The Morgan fingerprint density at radius 3 is 2.50 bits per heavy atom. The molecule has 4 nitrogen and oxygen atoms in total. The maximum absolute atomic E-state index is 11.8. The summed E-state index contributed by atoms with van der Waals surface area (Å²) in [7, 11) is -1.87. The summed E-state index contributed by atoms with van der Waals surface area (Å²) < 4.78 is 30.9. The summed E-state index contributed by atoms with van der Waals surface area (Å²) in [4.78, 5) is 0.298. The van der Waals surface area contributed by atoms with Gasteiger partial charge in [0.2, 0.25) is 10.0 Å². The van der Waals surface area contributed by atoms with Crippen LogP contribution in [0.3, 0.4) is 0 Å². The van der Waals surface area contributed by atoms with Crippen LogP contribution in [0.5, 0.6) is 0 Å². The molecule has 0 aliphatic heterocycles. The maximum Gasteiger partial charge on any atom is 0.240 e. The first-order valence-corrected chi connectivity index (χ1v) is 6.51. The van der Waals surface area contributed by atoms with Gasteiger partial charge in [0.15, 0.2) is 0 Å². The van der Waals surface area contributed by atoms with Gasteiger partial charge in [-0.25, -0.2) is 13.1 Å². The summed E-state index contributed by atoms with van der Waals surface area (Å²) in [5, 5.41) is 0. The highest BCUT2D eigenvalue weighted by Crippen LogP contribution is 2.14. The fourth-order valence-corrected chi connectivity index (χ4v) is 2.34. The Labute approximate surface area is 96.7 Å². The third kappa shape index (κ3) is 3.30. The Morgan fingerprint density at radius 2 is 1.94 bits per heavy atom. The van der Waals surface area contributed by atoms with E-state index in [0.29, 0.717) is 11.5 Å². The van der Waals surface area contributed by atoms with Gasteiger partial charge in [0, 0.05) is 13.7 Å². The minimum Gasteiger partial charge on any atom is -0.383 e. The molecular weight excluding hydrogens is 226 g/mol. The molecule has 16 heavy (non-hydrogen) atoms. The second kappa shape index (κ2) is 5.43. The van der Waals surface area contributed by atoms with E-state index in [2.05, 4.69) is 4.72 Å². The number of hydrogen-bond acceptors (Lipinski definition) is 3. The zero-order chi connectivity index (χ0) is 12.2. The van der Waals surface area contributed by atoms with Crippen molar-refractivity contribution >= 4 is 10.0 Å². The zero-order valence-electron chi connectivity index (χ0n) is 9.78. The molecule has 1 aromatic rings. The smallest absolute Gasteiger partial charge is 0.240 e. The minimum atomic E-state index is -3.40. The molecule has 0 aliphatic carbocycles. The molecule has 1 rings (SSSR count). The van der Waals surface area contributed by atoms with Crippen molar-refractivity contribution in [2.24, 2.45) is 0 Å². The summed E-state index contributed by atoms with van der Waals surface area (Å²) in [5.41, 5.74) is 2.05. The first kappa shape index (κ1) is 13.2. The average molecular weight is 243 g/mol. The van der Waals surface area contributed by atoms with Gasteiger partial charge in [0.05, 0.1) is 11.5 Å². The van der Waals surface area contributed by atoms with Gasteiger partial charge in [-0.2, -0.15) is 0 Å². The second-order valence-electron chi connectivity index (χ2n) is 3.64. The van der Waals surface area contributed by atoms with E-state index in [-0.39, 0.29) is 6.54 Å². The maximum atomic E-state index is 11.8. The van der Waals surface area contributed by atoms with Gasteiger partial charge in [-0.3, -0.25) is 0 Å². The van der Waals surface area contributed by atoms with Crippen LogP contribution >= 0.6 is 0 Å². The van der Waals surface area contributed by atoms with Gasteiger partial charge in [-0.05, 0) is 37.1 Å². The molecule has 0 unspecified atom stereocenters. The van der Waals surface area contributed by atoms with Gasteiger partial charge >= 0.3 is 0 Å². The number of nitrogens with one attached hydrogen (secondary N) is 1. The highest BCUT2D eigenvalue weighted by Gasteiger charge is 2.13. The lowest BCUT2D eigenvalue weighted by Gasteiger charge is -2.08. The SMILES string of the molecule is COCCNS(=O)(=O)c1ccc(C)c(C)c1. The van der Waals surface area contributed by atoms with Crippen LogP contribution in [0.2, 0.25) is 0 Å². The Kier molecular flexibility index (Phi) is 4.46. The Morgan fingerprint density at radius 1 is 1.25 bits per heavy atom. The van der Waals surface area contributed by atoms with E-state index in [9.17, 15) is 8.42 Å². The molecule has 0 bridgehead atoms. The number of benzene rings is 1. The van der Waals surface area contributed by atoms with Gasteiger partial charge in [-0.15, -0.1) is 0 Å². The number of methoxy groups -OCH3 is 1. The third-order valence-corrected chi connectivity index (χ3v) is 3.85. The van der Waals surface area contributed by atoms with Crippen molar-refractivity contribution in [2.75, 3.05) is 20.3 Å². The predicted octanol–water partition coefficient (Wildman–Crippen LogP) is 1.23. The lowest BCUT2D eigenvalue weighted by atomic mass is 10.1. The number of hydrogen-bond donors (Lipinski definition) is 1. The third-order valence-electron chi connectivity index (χ3n) is 2.39. The first-order chi connectivity index (χ1) is 7.47. The predicted molar refractivity (Wildman–Crippen MR) is 63.0 cm³/mol. The van der Waals surface area contributed by atoms with Crippen molar-refractivity contribution < 1.29 is 13.2 Å². The first-order valence-electron chi connectivity index (χ1n) is 5.03. The van der Waals surface area contributed by atoms with Crippen molar-refractivity contribution in [2.45, 2.75) is 18.7 Å². The van der Waals surface area contributed by atoms with E-state index < -0.39 is 10.0 Å². The standard InChI is InChI=1S/C11H17NO3S/c1-9-4-5-11(8-10(9)2)16(13,14)12-6-7-15-3/h4-5,8,12H,6-7H2,1-3H3. The van der Waals surface area contributed by atoms with Crippen LogP contribution in [0.4, 0.5) is 0 Å². The number of aryl methyl sites for hydroxylation is 2. The van der Waals surface area contributed by atoms with Crippen molar-refractivity contribution in [1.29, 1.82) is 0 Å². The van der Waals surface area contributed by atoms with Crippen molar-refractivity contribution in [3.63, 3.8) is 0 Å². The van der Waals surface area contributed by atoms with E-state index in [1.807, 2.05) is 13.8 Å². The molecule has 1 N–H and O–H groups in total. The largest absolute Gasteiger partial charge is 0.383 e. The Bertz CT molecular complexity index is 454. The van der Waals surface area contributed by atoms with Gasteiger partial charge in [0.1, 0.15) is 0 Å². The lowest BCUT2D eigenvalue weighted by Crippen LogP contribution is -2.27. The molecule has 0 aliphatic rings. The van der Waals surface area contributed by atoms with Crippen molar-refractivity contribution in [1.82, 2.24) is 4.72 Å². The molecule has 0 saturated carbocycles. The molecule has 0 radical (unpaired) electrons. The molecule has 5 heteroatoms. The summed E-state index contributed by atoms with van der Waals surface area (Å²) in [5.74, 6) is 0. The molecule has 0 heterocycles. The molecule has 0 amide bonds. The molecule has 0 atom stereocenters. The minimum absolute atomic E-state index is 0.283. The second-order valence-corrected chi connectivity index (χ2v) is 5.40. The molecule has 0 saturated heterocycles. The van der Waals surface area contributed by atoms with E-state index in [1.54, 1.807) is 18.2 Å².